The van der Waals surface area contributed by atoms with Crippen LogP contribution in [0.25, 0.3) is 0 Å². The number of amides is 2. The largest absolute Gasteiger partial charge is 0.416 e. The third-order valence-corrected chi connectivity index (χ3v) is 9.11. The highest BCUT2D eigenvalue weighted by molar-refractivity contribution is 9.10. The lowest BCUT2D eigenvalue weighted by Gasteiger charge is -2.33. The highest BCUT2D eigenvalue weighted by Gasteiger charge is 2.36. The maximum absolute atomic E-state index is 14.2. The standard InChI is InChI=1S/C32H29BrF3N3O4S/c1-37-31(41)29(19-23-10-4-2-5-11-23)38(21-24-12-8-14-26(33)18-24)30(40)22-39(44(42,43)28-16-6-3-7-17-28)27-15-9-13-25(20-27)32(34,35)36/h2-18,20,29H,19,21-22H2,1H3,(H,37,41)/t29-/m0/s1. The minimum atomic E-state index is -4.76. The van der Waals surface area contributed by atoms with E-state index in [9.17, 15) is 31.2 Å². The van der Waals surface area contributed by atoms with Crippen molar-refractivity contribution in [3.05, 3.63) is 130 Å². The van der Waals surface area contributed by atoms with Crippen LogP contribution in [0.4, 0.5) is 18.9 Å². The fourth-order valence-corrected chi connectivity index (χ4v) is 6.51. The minimum absolute atomic E-state index is 0.0784. The Hall–Kier alpha value is -4.16. The average Bonchev–Trinajstić information content (AvgIpc) is 3.01. The van der Waals surface area contributed by atoms with Crippen LogP contribution in [0.3, 0.4) is 0 Å². The first-order valence-corrected chi connectivity index (χ1v) is 15.7. The van der Waals surface area contributed by atoms with Gasteiger partial charge in [-0.15, -0.1) is 0 Å². The molecule has 12 heteroatoms. The van der Waals surface area contributed by atoms with Crippen LogP contribution >= 0.6 is 15.9 Å². The van der Waals surface area contributed by atoms with Crippen LogP contribution in [0, 0.1) is 0 Å². The molecule has 0 aliphatic rings. The van der Waals surface area contributed by atoms with Crippen molar-refractivity contribution < 1.29 is 31.2 Å². The second-order valence-electron chi connectivity index (χ2n) is 9.84. The molecule has 4 aromatic rings. The topological polar surface area (TPSA) is 86.8 Å². The molecule has 2 amide bonds. The molecule has 0 unspecified atom stereocenters. The molecule has 0 bridgehead atoms. The summed E-state index contributed by atoms with van der Waals surface area (Å²) < 4.78 is 70.2. The molecule has 0 fully saturated rings. The Morgan fingerprint density at radius 3 is 2.07 bits per heavy atom. The number of likely N-dealkylation sites (N-methyl/N-ethyl adjacent to an activating group) is 1. The summed E-state index contributed by atoms with van der Waals surface area (Å²) in [4.78, 5) is 28.6. The van der Waals surface area contributed by atoms with E-state index in [1.54, 1.807) is 54.6 Å². The van der Waals surface area contributed by atoms with Crippen molar-refractivity contribution >= 4 is 43.5 Å². The molecule has 230 valence electrons. The number of rotatable bonds is 11. The lowest BCUT2D eigenvalue weighted by atomic mass is 10.0. The summed E-state index contributed by atoms with van der Waals surface area (Å²) in [5.74, 6) is -1.28. The van der Waals surface area contributed by atoms with Gasteiger partial charge in [-0.05, 0) is 53.6 Å². The highest BCUT2D eigenvalue weighted by Crippen LogP contribution is 2.33. The predicted molar refractivity (Wildman–Crippen MR) is 165 cm³/mol. The molecular formula is C32H29BrF3N3O4S. The monoisotopic (exact) mass is 687 g/mol. The first-order chi connectivity index (χ1) is 20.9. The summed E-state index contributed by atoms with van der Waals surface area (Å²) in [5, 5.41) is 2.58. The molecule has 1 atom stereocenters. The second-order valence-corrected chi connectivity index (χ2v) is 12.6. The summed E-state index contributed by atoms with van der Waals surface area (Å²) in [6, 6.07) is 25.9. The molecule has 1 N–H and O–H groups in total. The number of hydrogen-bond donors (Lipinski definition) is 1. The molecule has 7 nitrogen and oxygen atoms in total. The minimum Gasteiger partial charge on any atom is -0.357 e. The van der Waals surface area contributed by atoms with Crippen molar-refractivity contribution in [2.24, 2.45) is 0 Å². The van der Waals surface area contributed by atoms with Gasteiger partial charge in [0.15, 0.2) is 0 Å². The smallest absolute Gasteiger partial charge is 0.357 e. The molecule has 0 radical (unpaired) electrons. The highest BCUT2D eigenvalue weighted by atomic mass is 79.9. The summed E-state index contributed by atoms with van der Waals surface area (Å²) in [5.41, 5.74) is -0.0287. The van der Waals surface area contributed by atoms with Gasteiger partial charge in [0.2, 0.25) is 11.8 Å². The van der Waals surface area contributed by atoms with Gasteiger partial charge in [-0.3, -0.25) is 13.9 Å². The molecule has 0 spiro atoms. The number of carbonyl (C=O) groups is 2. The van der Waals surface area contributed by atoms with E-state index in [4.69, 9.17) is 0 Å². The Labute approximate surface area is 262 Å². The van der Waals surface area contributed by atoms with E-state index in [1.165, 1.54) is 42.3 Å². The van der Waals surface area contributed by atoms with Gasteiger partial charge >= 0.3 is 6.18 Å². The van der Waals surface area contributed by atoms with Crippen LogP contribution in [0.2, 0.25) is 0 Å². The average molecular weight is 689 g/mol. The zero-order valence-electron chi connectivity index (χ0n) is 23.5. The van der Waals surface area contributed by atoms with Crippen LogP contribution in [0.15, 0.2) is 119 Å². The lowest BCUT2D eigenvalue weighted by Crippen LogP contribution is -2.53. The van der Waals surface area contributed by atoms with Gasteiger partial charge in [-0.25, -0.2) is 8.42 Å². The number of nitrogens with zero attached hydrogens (tertiary/aromatic N) is 2. The second kappa shape index (κ2) is 14.1. The Balaban J connectivity index is 1.82. The van der Waals surface area contributed by atoms with Gasteiger partial charge < -0.3 is 10.2 Å². The van der Waals surface area contributed by atoms with Crippen molar-refractivity contribution in [1.29, 1.82) is 0 Å². The summed E-state index contributed by atoms with van der Waals surface area (Å²) in [7, 11) is -3.10. The van der Waals surface area contributed by atoms with E-state index in [0.717, 1.165) is 22.2 Å². The molecule has 4 rings (SSSR count). The van der Waals surface area contributed by atoms with Gasteiger partial charge in [0.25, 0.3) is 10.0 Å². The summed E-state index contributed by atoms with van der Waals surface area (Å²) in [6.07, 6.45) is -4.65. The van der Waals surface area contributed by atoms with E-state index in [0.29, 0.717) is 15.9 Å². The molecular weight excluding hydrogens is 659 g/mol. The third kappa shape index (κ3) is 8.06. The van der Waals surface area contributed by atoms with Gasteiger partial charge in [0.1, 0.15) is 12.6 Å². The Bertz CT molecular complexity index is 1700. The normalized spacial score (nSPS) is 12.3. The fraction of sp³-hybridized carbons (Fsp3) is 0.188. The first-order valence-electron chi connectivity index (χ1n) is 13.4. The van der Waals surface area contributed by atoms with Crippen molar-refractivity contribution in [3.63, 3.8) is 0 Å². The van der Waals surface area contributed by atoms with E-state index in [1.807, 2.05) is 6.07 Å². The molecule has 0 aromatic heterocycles. The van der Waals surface area contributed by atoms with Crippen LogP contribution < -0.4 is 9.62 Å². The van der Waals surface area contributed by atoms with Gasteiger partial charge in [-0.1, -0.05) is 82.7 Å². The van der Waals surface area contributed by atoms with E-state index in [-0.39, 0.29) is 23.5 Å². The number of sulfonamides is 1. The molecule has 0 aliphatic carbocycles. The Morgan fingerprint density at radius 1 is 0.841 bits per heavy atom. The molecule has 0 heterocycles. The number of nitrogens with one attached hydrogen (secondary N) is 1. The van der Waals surface area contributed by atoms with Gasteiger partial charge in [0.05, 0.1) is 16.1 Å². The van der Waals surface area contributed by atoms with E-state index < -0.39 is 46.2 Å². The number of anilines is 1. The zero-order valence-corrected chi connectivity index (χ0v) is 25.9. The molecule has 0 saturated carbocycles. The third-order valence-electron chi connectivity index (χ3n) is 6.83. The lowest BCUT2D eigenvalue weighted by molar-refractivity contribution is -0.139. The van der Waals surface area contributed by atoms with Gasteiger partial charge in [-0.2, -0.15) is 13.2 Å². The molecule has 0 aliphatic heterocycles. The number of alkyl halides is 3. The number of carbonyl (C=O) groups excluding carboxylic acids is 2. The Morgan fingerprint density at radius 2 is 1.45 bits per heavy atom. The van der Waals surface area contributed by atoms with Gasteiger partial charge in [0, 0.05) is 24.5 Å². The molecule has 0 saturated heterocycles. The van der Waals surface area contributed by atoms with Crippen LogP contribution in [-0.4, -0.2) is 44.8 Å². The van der Waals surface area contributed by atoms with E-state index >= 15 is 0 Å². The molecule has 44 heavy (non-hydrogen) atoms. The number of halogens is 4. The summed E-state index contributed by atoms with van der Waals surface area (Å²) >= 11 is 3.41. The number of hydrogen-bond acceptors (Lipinski definition) is 4. The fourth-order valence-electron chi connectivity index (χ4n) is 4.64. The summed E-state index contributed by atoms with van der Waals surface area (Å²) in [6.45, 7) is -0.945. The zero-order chi connectivity index (χ0) is 31.9. The van der Waals surface area contributed by atoms with Crippen molar-refractivity contribution in [3.8, 4) is 0 Å². The van der Waals surface area contributed by atoms with Crippen LogP contribution in [0.1, 0.15) is 16.7 Å². The predicted octanol–water partition coefficient (Wildman–Crippen LogP) is 6.05. The number of benzene rings is 4. The first kappa shape index (κ1) is 32.7. The SMILES string of the molecule is CNC(=O)[C@H](Cc1ccccc1)N(Cc1cccc(Br)c1)C(=O)CN(c1cccc(C(F)(F)F)c1)S(=O)(=O)c1ccccc1. The van der Waals surface area contributed by atoms with Crippen molar-refractivity contribution in [1.82, 2.24) is 10.2 Å². The maximum Gasteiger partial charge on any atom is 0.416 e. The quantitative estimate of drug-likeness (QED) is 0.208. The van der Waals surface area contributed by atoms with Crippen LogP contribution in [-0.2, 0) is 38.8 Å². The van der Waals surface area contributed by atoms with Crippen molar-refractivity contribution in [2.45, 2.75) is 30.1 Å². The molecule has 4 aromatic carbocycles. The van der Waals surface area contributed by atoms with Crippen molar-refractivity contribution in [2.75, 3.05) is 17.9 Å². The maximum atomic E-state index is 14.2. The Kier molecular flexibility index (Phi) is 10.5. The van der Waals surface area contributed by atoms with Crippen LogP contribution in [0.5, 0.6) is 0 Å². The van der Waals surface area contributed by atoms with E-state index in [2.05, 4.69) is 21.2 Å².